The molecule has 0 saturated carbocycles. The second-order valence-corrected chi connectivity index (χ2v) is 12.3. The van der Waals surface area contributed by atoms with Crippen LogP contribution in [0.15, 0.2) is 42.0 Å². The minimum absolute atomic E-state index is 0.0281. The third-order valence-corrected chi connectivity index (χ3v) is 7.48. The van der Waals surface area contributed by atoms with Crippen molar-refractivity contribution < 1.29 is 38.2 Å². The summed E-state index contributed by atoms with van der Waals surface area (Å²) in [4.78, 5) is 76.7. The van der Waals surface area contributed by atoms with Crippen LogP contribution in [0, 0.1) is 11.3 Å². The molecule has 2 heterocycles. The Bertz CT molecular complexity index is 1260. The van der Waals surface area contributed by atoms with Gasteiger partial charge < -0.3 is 36.1 Å². The monoisotopic (exact) mass is 627 g/mol. The van der Waals surface area contributed by atoms with Gasteiger partial charge in [-0.15, -0.1) is 0 Å². The second-order valence-electron chi connectivity index (χ2n) is 12.3. The smallest absolute Gasteiger partial charge is 0.408 e. The summed E-state index contributed by atoms with van der Waals surface area (Å²) in [6.45, 7) is 7.51. The minimum Gasteiger partial charge on any atom is -0.462 e. The number of cyclic esters (lactones) is 1. The third kappa shape index (κ3) is 11.2. The largest absolute Gasteiger partial charge is 0.462 e. The van der Waals surface area contributed by atoms with Gasteiger partial charge in [0, 0.05) is 42.5 Å². The van der Waals surface area contributed by atoms with Crippen LogP contribution in [0.25, 0.3) is 0 Å². The maximum Gasteiger partial charge on any atom is 0.408 e. The van der Waals surface area contributed by atoms with E-state index >= 15 is 0 Å². The van der Waals surface area contributed by atoms with Crippen molar-refractivity contribution in [3.63, 3.8) is 0 Å². The van der Waals surface area contributed by atoms with Crippen LogP contribution in [-0.4, -0.2) is 73.5 Å². The number of alkyl carbamates (subject to hydrolysis) is 1. The van der Waals surface area contributed by atoms with Crippen LogP contribution in [0.5, 0.6) is 0 Å². The maximum atomic E-state index is 13.5. The lowest BCUT2D eigenvalue weighted by Crippen LogP contribution is -2.58. The Balaban J connectivity index is 1.72. The summed E-state index contributed by atoms with van der Waals surface area (Å²) in [7, 11) is 0. The molecule has 0 spiro atoms. The molecule has 13 heteroatoms. The number of esters is 1. The first-order chi connectivity index (χ1) is 21.4. The van der Waals surface area contributed by atoms with E-state index in [0.717, 1.165) is 5.56 Å². The van der Waals surface area contributed by atoms with Gasteiger partial charge >= 0.3 is 12.1 Å². The molecular weight excluding hydrogens is 582 g/mol. The third-order valence-electron chi connectivity index (χ3n) is 7.48. The zero-order valence-corrected chi connectivity index (χ0v) is 26.4. The first-order valence-electron chi connectivity index (χ1n) is 15.4. The van der Waals surface area contributed by atoms with Crippen LogP contribution in [-0.2, 0) is 40.1 Å². The molecule has 2 fully saturated rings. The van der Waals surface area contributed by atoms with E-state index in [9.17, 15) is 28.8 Å². The molecule has 0 aliphatic carbocycles. The first-order valence-corrected chi connectivity index (χ1v) is 15.4. The summed E-state index contributed by atoms with van der Waals surface area (Å²) in [5, 5.41) is 13.6. The van der Waals surface area contributed by atoms with Crippen LogP contribution in [0.2, 0.25) is 0 Å². The molecule has 0 unspecified atom stereocenters. The summed E-state index contributed by atoms with van der Waals surface area (Å²) in [6.07, 6.45) is 2.83. The molecule has 2 aliphatic rings. The van der Waals surface area contributed by atoms with Crippen molar-refractivity contribution in [3.05, 3.63) is 47.5 Å². The molecule has 1 aromatic carbocycles. The lowest BCUT2D eigenvalue weighted by atomic mass is 9.95. The van der Waals surface area contributed by atoms with Crippen LogP contribution in [0.4, 0.5) is 4.79 Å². The number of carbonyl (C=O) groups excluding carboxylic acids is 6. The molecule has 2 aliphatic heterocycles. The summed E-state index contributed by atoms with van der Waals surface area (Å²) in [5.41, 5.74) is 0.424. The molecule has 45 heavy (non-hydrogen) atoms. The number of amides is 5. The normalized spacial score (nSPS) is 19.1. The number of carbonyl (C=O) groups is 6. The van der Waals surface area contributed by atoms with E-state index in [2.05, 4.69) is 26.6 Å². The molecule has 246 valence electrons. The van der Waals surface area contributed by atoms with Crippen molar-refractivity contribution in [2.75, 3.05) is 19.7 Å². The quantitative estimate of drug-likeness (QED) is 0.152. The van der Waals surface area contributed by atoms with Gasteiger partial charge in [-0.3, -0.25) is 19.2 Å². The van der Waals surface area contributed by atoms with Crippen molar-refractivity contribution in [2.45, 2.75) is 84.5 Å². The molecule has 5 N–H and O–H groups in total. The van der Waals surface area contributed by atoms with Gasteiger partial charge in [0.2, 0.25) is 23.6 Å². The standard InChI is InChI=1S/C32H45N5O8/c1-5-9-24(27(39)35-23(16-21-12-14-33-26(21)38)17-22-13-15-44-29(22)41)36-28(40)25(18-34-30(42)32(2,3)4)37-31(43)45-19-20-10-7-6-8-11-20/h6-8,10-11,17,21,23-25H,5,9,12-16,18-19H2,1-4H3,(H,33,38)(H,34,42)(H,35,39)(H,36,40)(H,37,43)/b22-17+/t21-,23-,24-,25-/m0/s1. The zero-order chi connectivity index (χ0) is 33.0. The zero-order valence-electron chi connectivity index (χ0n) is 26.4. The van der Waals surface area contributed by atoms with Crippen molar-refractivity contribution in [3.8, 4) is 0 Å². The number of hydrogen-bond donors (Lipinski definition) is 5. The molecule has 1 aromatic rings. The highest BCUT2D eigenvalue weighted by Gasteiger charge is 2.32. The Morgan fingerprint density at radius 1 is 1.04 bits per heavy atom. The first kappa shape index (κ1) is 35.1. The van der Waals surface area contributed by atoms with Crippen LogP contribution >= 0.6 is 0 Å². The molecule has 5 amide bonds. The van der Waals surface area contributed by atoms with Gasteiger partial charge in [0.05, 0.1) is 6.61 Å². The Morgan fingerprint density at radius 2 is 1.76 bits per heavy atom. The van der Waals surface area contributed by atoms with Crippen LogP contribution < -0.4 is 26.6 Å². The molecule has 4 atom stereocenters. The van der Waals surface area contributed by atoms with Gasteiger partial charge in [-0.25, -0.2) is 9.59 Å². The number of nitrogens with one attached hydrogen (secondary N) is 5. The Labute approximate surface area is 263 Å². The van der Waals surface area contributed by atoms with Gasteiger partial charge in [0.15, 0.2) is 0 Å². The minimum atomic E-state index is -1.25. The summed E-state index contributed by atoms with van der Waals surface area (Å²) < 4.78 is 10.3. The highest BCUT2D eigenvalue weighted by molar-refractivity contribution is 5.93. The Kier molecular flexibility index (Phi) is 12.9. The van der Waals surface area contributed by atoms with Crippen molar-refractivity contribution >= 4 is 35.7 Å². The predicted octanol–water partition coefficient (Wildman–Crippen LogP) is 1.61. The molecule has 0 aromatic heterocycles. The van der Waals surface area contributed by atoms with Crippen LogP contribution in [0.3, 0.4) is 0 Å². The van der Waals surface area contributed by atoms with E-state index in [0.29, 0.717) is 31.4 Å². The second kappa shape index (κ2) is 16.6. The maximum absolute atomic E-state index is 13.5. The van der Waals surface area contributed by atoms with Crippen molar-refractivity contribution in [1.82, 2.24) is 26.6 Å². The lowest BCUT2D eigenvalue weighted by Gasteiger charge is -2.26. The van der Waals surface area contributed by atoms with E-state index in [1.54, 1.807) is 51.1 Å². The molecule has 2 saturated heterocycles. The fourth-order valence-electron chi connectivity index (χ4n) is 4.88. The van der Waals surface area contributed by atoms with Crippen LogP contribution in [0.1, 0.15) is 65.4 Å². The van der Waals surface area contributed by atoms with Gasteiger partial charge in [0.1, 0.15) is 18.7 Å². The van der Waals surface area contributed by atoms with Gasteiger partial charge in [-0.2, -0.15) is 0 Å². The SMILES string of the molecule is CCC[C@H](NC(=O)[C@H](CNC(=O)C(C)(C)C)NC(=O)OCc1ccccc1)C(=O)N[C@H](/C=C1\CCOC1=O)C[C@@H]1CCNC1=O. The average Bonchev–Trinajstić information content (AvgIpc) is 3.60. The number of benzene rings is 1. The van der Waals surface area contributed by atoms with Gasteiger partial charge in [-0.1, -0.05) is 70.5 Å². The fraction of sp³-hybridized carbons (Fsp3) is 0.562. The lowest BCUT2D eigenvalue weighted by molar-refractivity contribution is -0.135. The van der Waals surface area contributed by atoms with Crippen molar-refractivity contribution in [2.24, 2.45) is 11.3 Å². The Hall–Kier alpha value is -4.42. The molecule has 13 nitrogen and oxygen atoms in total. The summed E-state index contributed by atoms with van der Waals surface area (Å²) in [6, 6.07) is 6.10. The van der Waals surface area contributed by atoms with E-state index in [1.165, 1.54) is 0 Å². The van der Waals surface area contributed by atoms with E-state index in [4.69, 9.17) is 9.47 Å². The molecule has 0 radical (unpaired) electrons. The van der Waals surface area contributed by atoms with Gasteiger partial charge in [0.25, 0.3) is 0 Å². The van der Waals surface area contributed by atoms with E-state index in [-0.39, 0.29) is 50.3 Å². The molecular formula is C32H45N5O8. The topological polar surface area (TPSA) is 181 Å². The molecule has 3 rings (SSSR count). The highest BCUT2D eigenvalue weighted by atomic mass is 16.5. The summed E-state index contributed by atoms with van der Waals surface area (Å²) >= 11 is 0. The average molecular weight is 628 g/mol. The van der Waals surface area contributed by atoms with E-state index < -0.39 is 47.4 Å². The summed E-state index contributed by atoms with van der Waals surface area (Å²) in [5.74, 6) is -2.47. The van der Waals surface area contributed by atoms with E-state index in [1.807, 2.05) is 13.0 Å². The predicted molar refractivity (Wildman–Crippen MR) is 164 cm³/mol. The number of hydrogen-bond acceptors (Lipinski definition) is 8. The number of rotatable bonds is 14. The van der Waals surface area contributed by atoms with Crippen molar-refractivity contribution in [1.29, 1.82) is 0 Å². The Morgan fingerprint density at radius 3 is 2.36 bits per heavy atom. The fourth-order valence-corrected chi connectivity index (χ4v) is 4.88. The molecule has 0 bridgehead atoms. The van der Waals surface area contributed by atoms with Gasteiger partial charge in [-0.05, 0) is 24.8 Å². The highest BCUT2D eigenvalue weighted by Crippen LogP contribution is 2.21. The number of ether oxygens (including phenoxy) is 2.